The van der Waals surface area contributed by atoms with Gasteiger partial charge in [0, 0.05) is 12.3 Å². The van der Waals surface area contributed by atoms with Crippen LogP contribution >= 0.6 is 0 Å². The van der Waals surface area contributed by atoms with Crippen molar-refractivity contribution in [1.29, 1.82) is 0 Å². The van der Waals surface area contributed by atoms with Crippen LogP contribution in [0.2, 0.25) is 0 Å². The van der Waals surface area contributed by atoms with E-state index in [2.05, 4.69) is 24.0 Å². The predicted octanol–water partition coefficient (Wildman–Crippen LogP) is 2.68. The molecule has 1 aromatic heterocycles. The molecule has 0 aliphatic heterocycles. The summed E-state index contributed by atoms with van der Waals surface area (Å²) in [6, 6.07) is 0. The predicted molar refractivity (Wildman–Crippen MR) is 67.1 cm³/mol. The fraction of sp³-hybridized carbons (Fsp3) is 0.857. The minimum Gasteiger partial charge on any atom is -0.393 e. The summed E-state index contributed by atoms with van der Waals surface area (Å²) in [7, 11) is 0. The normalized spacial score (nSPS) is 34.5. The van der Waals surface area contributed by atoms with Gasteiger partial charge in [-0.05, 0) is 30.6 Å². The van der Waals surface area contributed by atoms with Gasteiger partial charge in [-0.2, -0.15) is 4.98 Å². The molecule has 0 saturated heterocycles. The second kappa shape index (κ2) is 4.34. The number of rotatable bonds is 3. The molecule has 1 N–H and O–H groups in total. The molecule has 1 aromatic rings. The van der Waals surface area contributed by atoms with E-state index in [-0.39, 0.29) is 6.10 Å². The van der Waals surface area contributed by atoms with Crippen molar-refractivity contribution in [2.45, 2.75) is 64.4 Å². The Morgan fingerprint density at radius 2 is 2.06 bits per heavy atom. The van der Waals surface area contributed by atoms with Crippen LogP contribution in [0.4, 0.5) is 0 Å². The van der Waals surface area contributed by atoms with Crippen LogP contribution in [0.15, 0.2) is 4.52 Å². The van der Waals surface area contributed by atoms with E-state index in [1.807, 2.05) is 0 Å². The Kier molecular flexibility index (Phi) is 2.93. The van der Waals surface area contributed by atoms with Gasteiger partial charge in [-0.25, -0.2) is 0 Å². The Morgan fingerprint density at radius 3 is 2.72 bits per heavy atom. The lowest BCUT2D eigenvalue weighted by molar-refractivity contribution is 0.0657. The summed E-state index contributed by atoms with van der Waals surface area (Å²) in [6.45, 7) is 4.47. The van der Waals surface area contributed by atoms with E-state index in [9.17, 15) is 5.11 Å². The van der Waals surface area contributed by atoms with Crippen molar-refractivity contribution in [3.05, 3.63) is 11.7 Å². The van der Waals surface area contributed by atoms with Gasteiger partial charge in [-0.1, -0.05) is 31.8 Å². The van der Waals surface area contributed by atoms with E-state index in [1.54, 1.807) is 0 Å². The molecule has 0 amide bonds. The second-order valence-electron chi connectivity index (χ2n) is 6.61. The SMILES string of the molecule is CC1(C)CC1c1noc(CC2CCCCC2O)n1. The van der Waals surface area contributed by atoms with E-state index < -0.39 is 0 Å². The lowest BCUT2D eigenvalue weighted by Gasteiger charge is -2.26. The van der Waals surface area contributed by atoms with Crippen molar-refractivity contribution >= 4 is 0 Å². The van der Waals surface area contributed by atoms with Crippen LogP contribution in [-0.4, -0.2) is 21.4 Å². The topological polar surface area (TPSA) is 59.2 Å². The van der Waals surface area contributed by atoms with Gasteiger partial charge in [0.25, 0.3) is 0 Å². The number of aliphatic hydroxyl groups excluding tert-OH is 1. The first-order chi connectivity index (χ1) is 8.56. The highest BCUT2D eigenvalue weighted by Gasteiger charge is 2.49. The lowest BCUT2D eigenvalue weighted by atomic mass is 9.84. The van der Waals surface area contributed by atoms with Crippen molar-refractivity contribution in [2.24, 2.45) is 11.3 Å². The zero-order valence-electron chi connectivity index (χ0n) is 11.2. The summed E-state index contributed by atoms with van der Waals surface area (Å²) >= 11 is 0. The summed E-state index contributed by atoms with van der Waals surface area (Å²) in [4.78, 5) is 4.51. The molecule has 0 radical (unpaired) electrons. The molecule has 2 aliphatic rings. The van der Waals surface area contributed by atoms with Crippen LogP contribution in [0.1, 0.15) is 63.6 Å². The standard InChI is InChI=1S/C14H22N2O2/c1-14(2)8-10(14)13-15-12(18-16-13)7-9-5-3-4-6-11(9)17/h9-11,17H,3-8H2,1-2H3. The number of nitrogens with zero attached hydrogens (tertiary/aromatic N) is 2. The smallest absolute Gasteiger partial charge is 0.227 e. The Balaban J connectivity index is 1.63. The maximum absolute atomic E-state index is 9.95. The largest absolute Gasteiger partial charge is 0.393 e. The molecule has 2 fully saturated rings. The van der Waals surface area contributed by atoms with Crippen molar-refractivity contribution in [1.82, 2.24) is 10.1 Å². The molecule has 3 rings (SSSR count). The van der Waals surface area contributed by atoms with Crippen molar-refractivity contribution in [3.63, 3.8) is 0 Å². The van der Waals surface area contributed by atoms with Crippen molar-refractivity contribution in [2.75, 3.05) is 0 Å². The van der Waals surface area contributed by atoms with Gasteiger partial charge < -0.3 is 9.63 Å². The van der Waals surface area contributed by atoms with Gasteiger partial charge in [-0.15, -0.1) is 0 Å². The summed E-state index contributed by atoms with van der Waals surface area (Å²) in [5, 5.41) is 14.0. The molecule has 0 aromatic carbocycles. The van der Waals surface area contributed by atoms with Gasteiger partial charge in [0.05, 0.1) is 6.10 Å². The number of aromatic nitrogens is 2. The van der Waals surface area contributed by atoms with E-state index in [4.69, 9.17) is 4.52 Å². The van der Waals surface area contributed by atoms with Gasteiger partial charge in [0.2, 0.25) is 5.89 Å². The summed E-state index contributed by atoms with van der Waals surface area (Å²) in [5.41, 5.74) is 0.339. The first kappa shape index (κ1) is 12.2. The Hall–Kier alpha value is -0.900. The third-order valence-electron chi connectivity index (χ3n) is 4.61. The number of hydrogen-bond acceptors (Lipinski definition) is 4. The Morgan fingerprint density at radius 1 is 1.33 bits per heavy atom. The van der Waals surface area contributed by atoms with E-state index >= 15 is 0 Å². The van der Waals surface area contributed by atoms with Gasteiger partial charge >= 0.3 is 0 Å². The minimum absolute atomic E-state index is 0.188. The molecule has 2 aliphatic carbocycles. The van der Waals surface area contributed by atoms with Gasteiger partial charge in [-0.3, -0.25) is 0 Å². The molecular weight excluding hydrogens is 228 g/mol. The van der Waals surface area contributed by atoms with Crippen molar-refractivity contribution < 1.29 is 9.63 Å². The average Bonchev–Trinajstić information content (AvgIpc) is 2.75. The first-order valence-corrected chi connectivity index (χ1v) is 7.07. The van der Waals surface area contributed by atoms with Crippen LogP contribution < -0.4 is 0 Å². The summed E-state index contributed by atoms with van der Waals surface area (Å²) in [6.07, 6.45) is 6.04. The Bertz CT molecular complexity index is 427. The average molecular weight is 250 g/mol. The molecule has 3 atom stereocenters. The van der Waals surface area contributed by atoms with Crippen molar-refractivity contribution in [3.8, 4) is 0 Å². The number of hydrogen-bond donors (Lipinski definition) is 1. The fourth-order valence-electron chi connectivity index (χ4n) is 3.05. The molecule has 0 spiro atoms. The maximum atomic E-state index is 9.95. The van der Waals surface area contributed by atoms with E-state index in [1.165, 1.54) is 6.42 Å². The van der Waals surface area contributed by atoms with Crippen LogP contribution in [0.25, 0.3) is 0 Å². The summed E-state index contributed by atoms with van der Waals surface area (Å²) in [5.74, 6) is 2.34. The molecule has 0 bridgehead atoms. The lowest BCUT2D eigenvalue weighted by Crippen LogP contribution is -2.26. The summed E-state index contributed by atoms with van der Waals surface area (Å²) < 4.78 is 5.34. The molecule has 100 valence electrons. The highest BCUT2D eigenvalue weighted by Crippen LogP contribution is 2.57. The van der Waals surface area contributed by atoms with E-state index in [0.717, 1.165) is 37.9 Å². The van der Waals surface area contributed by atoms with Crippen LogP contribution in [0.3, 0.4) is 0 Å². The third kappa shape index (κ3) is 2.30. The zero-order chi connectivity index (χ0) is 12.8. The highest BCUT2D eigenvalue weighted by molar-refractivity contribution is 5.14. The van der Waals surface area contributed by atoms with E-state index in [0.29, 0.717) is 23.1 Å². The highest BCUT2D eigenvalue weighted by atomic mass is 16.5. The van der Waals surface area contributed by atoms with Gasteiger partial charge in [0.1, 0.15) is 0 Å². The molecule has 1 heterocycles. The third-order valence-corrected chi connectivity index (χ3v) is 4.61. The minimum atomic E-state index is -0.188. The molecule has 2 saturated carbocycles. The molecular formula is C14H22N2O2. The van der Waals surface area contributed by atoms with Crippen LogP contribution in [-0.2, 0) is 6.42 Å². The quantitative estimate of drug-likeness (QED) is 0.896. The zero-order valence-corrected chi connectivity index (χ0v) is 11.2. The van der Waals surface area contributed by atoms with Crippen LogP contribution in [0.5, 0.6) is 0 Å². The first-order valence-electron chi connectivity index (χ1n) is 7.07. The fourth-order valence-corrected chi connectivity index (χ4v) is 3.05. The maximum Gasteiger partial charge on any atom is 0.227 e. The molecule has 3 unspecified atom stereocenters. The van der Waals surface area contributed by atoms with Crippen LogP contribution in [0, 0.1) is 11.3 Å². The number of aliphatic hydroxyl groups is 1. The second-order valence-corrected chi connectivity index (χ2v) is 6.61. The molecule has 4 heteroatoms. The monoisotopic (exact) mass is 250 g/mol. The molecule has 4 nitrogen and oxygen atoms in total. The Labute approximate surface area is 108 Å². The molecule has 18 heavy (non-hydrogen) atoms. The van der Waals surface area contributed by atoms with Gasteiger partial charge in [0.15, 0.2) is 5.82 Å².